The summed E-state index contributed by atoms with van der Waals surface area (Å²) in [5, 5.41) is 21.6. The first kappa shape index (κ1) is 13.5. The van der Waals surface area contributed by atoms with Crippen LogP contribution in [-0.4, -0.2) is 33.1 Å². The largest absolute Gasteiger partial charge is 0.390 e. The second-order valence-corrected chi connectivity index (χ2v) is 9.35. The Bertz CT molecular complexity index is 426. The van der Waals surface area contributed by atoms with E-state index in [-0.39, 0.29) is 17.1 Å². The molecule has 20 heavy (non-hydrogen) atoms. The number of ether oxygens (including phenoxy) is 1. The van der Waals surface area contributed by atoms with E-state index in [0.717, 1.165) is 32.1 Å². The zero-order valence-electron chi connectivity index (χ0n) is 13.0. The fourth-order valence-electron chi connectivity index (χ4n) is 6.59. The van der Waals surface area contributed by atoms with Crippen molar-refractivity contribution < 1.29 is 14.9 Å². The molecular weight excluding hydrogens is 252 g/mol. The van der Waals surface area contributed by atoms with Crippen LogP contribution in [0.3, 0.4) is 0 Å². The first-order valence-electron chi connectivity index (χ1n) is 8.25. The molecule has 5 fully saturated rings. The van der Waals surface area contributed by atoms with E-state index in [1.807, 2.05) is 0 Å². The highest BCUT2D eigenvalue weighted by atomic mass is 16.5. The van der Waals surface area contributed by atoms with Crippen LogP contribution in [0.4, 0.5) is 0 Å². The minimum absolute atomic E-state index is 0.244. The summed E-state index contributed by atoms with van der Waals surface area (Å²) in [7, 11) is 0. The van der Waals surface area contributed by atoms with Gasteiger partial charge in [0.05, 0.1) is 22.9 Å². The van der Waals surface area contributed by atoms with E-state index >= 15 is 0 Å². The van der Waals surface area contributed by atoms with Crippen LogP contribution in [0, 0.1) is 17.3 Å². The fourth-order valence-corrected chi connectivity index (χ4v) is 6.59. The Morgan fingerprint density at radius 2 is 1.50 bits per heavy atom. The average Bonchev–Trinajstić information content (AvgIpc) is 2.20. The Kier molecular flexibility index (Phi) is 2.44. The molecule has 0 amide bonds. The van der Waals surface area contributed by atoms with Crippen molar-refractivity contribution in [3.63, 3.8) is 0 Å². The maximum atomic E-state index is 10.8. The van der Waals surface area contributed by atoms with Crippen LogP contribution < -0.4 is 0 Å². The van der Waals surface area contributed by atoms with Crippen molar-refractivity contribution in [2.24, 2.45) is 17.3 Å². The molecule has 0 aliphatic heterocycles. The Morgan fingerprint density at radius 3 is 1.95 bits per heavy atom. The number of hydrogen-bond acceptors (Lipinski definition) is 3. The maximum Gasteiger partial charge on any atom is 0.0744 e. The quantitative estimate of drug-likeness (QED) is 0.817. The van der Waals surface area contributed by atoms with Gasteiger partial charge in [0.15, 0.2) is 0 Å². The lowest BCUT2D eigenvalue weighted by atomic mass is 9.50. The number of aliphatic hydroxyl groups is 2. The molecule has 0 heterocycles. The Hall–Kier alpha value is -0.120. The molecule has 0 saturated heterocycles. The van der Waals surface area contributed by atoms with E-state index in [1.54, 1.807) is 0 Å². The molecule has 5 saturated carbocycles. The van der Waals surface area contributed by atoms with Gasteiger partial charge in [0, 0.05) is 19.3 Å². The molecule has 5 aliphatic carbocycles. The summed E-state index contributed by atoms with van der Waals surface area (Å²) >= 11 is 0. The van der Waals surface area contributed by atoms with E-state index in [2.05, 4.69) is 20.8 Å². The molecule has 0 aromatic heterocycles. The molecule has 0 radical (unpaired) electrons. The summed E-state index contributed by atoms with van der Waals surface area (Å²) in [4.78, 5) is 0. The molecule has 4 bridgehead atoms. The SMILES string of the molecule is CC1CC(C)(C)C1OC12CC3CC(O)(CC(O)(C3)C1)C2. The number of rotatable bonds is 2. The molecule has 4 unspecified atom stereocenters. The molecule has 2 N–H and O–H groups in total. The smallest absolute Gasteiger partial charge is 0.0744 e. The number of hydrogen-bond donors (Lipinski definition) is 2. The zero-order chi connectivity index (χ0) is 14.4. The normalized spacial score (nSPS) is 59.5. The summed E-state index contributed by atoms with van der Waals surface area (Å²) in [6.45, 7) is 6.82. The van der Waals surface area contributed by atoms with Gasteiger partial charge < -0.3 is 14.9 Å². The summed E-state index contributed by atoms with van der Waals surface area (Å²) in [6, 6.07) is 0. The molecule has 114 valence electrons. The topological polar surface area (TPSA) is 49.7 Å². The lowest BCUT2D eigenvalue weighted by Crippen LogP contribution is -2.68. The van der Waals surface area contributed by atoms with E-state index < -0.39 is 11.2 Å². The van der Waals surface area contributed by atoms with Crippen LogP contribution >= 0.6 is 0 Å². The van der Waals surface area contributed by atoms with Crippen molar-refractivity contribution in [2.45, 2.75) is 88.6 Å². The van der Waals surface area contributed by atoms with E-state index in [4.69, 9.17) is 4.74 Å². The van der Waals surface area contributed by atoms with E-state index in [0.29, 0.717) is 18.3 Å². The zero-order valence-corrected chi connectivity index (χ0v) is 13.0. The Labute approximate surface area is 121 Å². The second kappa shape index (κ2) is 3.61. The van der Waals surface area contributed by atoms with Gasteiger partial charge >= 0.3 is 0 Å². The van der Waals surface area contributed by atoms with Crippen LogP contribution in [0.1, 0.15) is 65.7 Å². The van der Waals surface area contributed by atoms with Crippen molar-refractivity contribution in [3.8, 4) is 0 Å². The van der Waals surface area contributed by atoms with Crippen molar-refractivity contribution >= 4 is 0 Å². The van der Waals surface area contributed by atoms with Gasteiger partial charge in [0.2, 0.25) is 0 Å². The summed E-state index contributed by atoms with van der Waals surface area (Å²) in [6.07, 6.45) is 6.30. The van der Waals surface area contributed by atoms with Gasteiger partial charge in [-0.1, -0.05) is 20.8 Å². The fraction of sp³-hybridized carbons (Fsp3) is 1.00. The van der Waals surface area contributed by atoms with Gasteiger partial charge in [0.1, 0.15) is 0 Å². The monoisotopic (exact) mass is 280 g/mol. The molecule has 0 spiro atoms. The molecule has 4 atom stereocenters. The molecular formula is C17H28O3. The maximum absolute atomic E-state index is 10.8. The predicted molar refractivity (Wildman–Crippen MR) is 76.3 cm³/mol. The van der Waals surface area contributed by atoms with Crippen molar-refractivity contribution in [3.05, 3.63) is 0 Å². The standard InChI is InChI=1S/C17H28O3/c1-11-4-14(2,3)13(11)20-17-7-12-5-15(18,9-17)8-16(19,6-12)10-17/h11-13,18-19H,4-10H2,1-3H3. The van der Waals surface area contributed by atoms with Gasteiger partial charge in [-0.05, 0) is 42.9 Å². The third-order valence-electron chi connectivity index (χ3n) is 6.47. The minimum atomic E-state index is -0.675. The highest BCUT2D eigenvalue weighted by Crippen LogP contribution is 2.62. The van der Waals surface area contributed by atoms with Crippen LogP contribution in [0.25, 0.3) is 0 Å². The van der Waals surface area contributed by atoms with Gasteiger partial charge in [-0.2, -0.15) is 0 Å². The van der Waals surface area contributed by atoms with Crippen molar-refractivity contribution in [2.75, 3.05) is 0 Å². The summed E-state index contributed by atoms with van der Waals surface area (Å²) < 4.78 is 6.62. The minimum Gasteiger partial charge on any atom is -0.390 e. The first-order chi connectivity index (χ1) is 9.13. The molecule has 3 heteroatoms. The molecule has 0 aromatic rings. The highest BCUT2D eigenvalue weighted by molar-refractivity contribution is 5.16. The first-order valence-corrected chi connectivity index (χ1v) is 8.25. The second-order valence-electron chi connectivity index (χ2n) is 9.35. The van der Waals surface area contributed by atoms with E-state index in [1.165, 1.54) is 6.42 Å². The summed E-state index contributed by atoms with van der Waals surface area (Å²) in [5.74, 6) is 1.04. The molecule has 5 aliphatic rings. The summed E-state index contributed by atoms with van der Waals surface area (Å²) in [5.41, 5.74) is -1.37. The predicted octanol–water partition coefficient (Wildman–Crippen LogP) is 2.64. The van der Waals surface area contributed by atoms with Gasteiger partial charge in [-0.3, -0.25) is 0 Å². The third-order valence-corrected chi connectivity index (χ3v) is 6.47. The van der Waals surface area contributed by atoms with Crippen LogP contribution in [0.5, 0.6) is 0 Å². The average molecular weight is 280 g/mol. The Morgan fingerprint density at radius 1 is 0.900 bits per heavy atom. The van der Waals surface area contributed by atoms with Crippen molar-refractivity contribution in [1.29, 1.82) is 0 Å². The molecule has 3 nitrogen and oxygen atoms in total. The van der Waals surface area contributed by atoms with E-state index in [9.17, 15) is 10.2 Å². The third kappa shape index (κ3) is 1.82. The van der Waals surface area contributed by atoms with Gasteiger partial charge in [-0.25, -0.2) is 0 Å². The van der Waals surface area contributed by atoms with Crippen LogP contribution in [0.2, 0.25) is 0 Å². The van der Waals surface area contributed by atoms with Crippen LogP contribution in [0.15, 0.2) is 0 Å². The van der Waals surface area contributed by atoms with Gasteiger partial charge in [0.25, 0.3) is 0 Å². The molecule has 0 aromatic carbocycles. The van der Waals surface area contributed by atoms with Crippen molar-refractivity contribution in [1.82, 2.24) is 0 Å². The molecule has 5 rings (SSSR count). The lowest BCUT2D eigenvalue weighted by molar-refractivity contribution is -0.305. The van der Waals surface area contributed by atoms with Gasteiger partial charge in [-0.15, -0.1) is 0 Å². The van der Waals surface area contributed by atoms with Crippen LogP contribution in [-0.2, 0) is 4.74 Å². The Balaban J connectivity index is 1.61. The highest BCUT2D eigenvalue weighted by Gasteiger charge is 2.65. The lowest BCUT2D eigenvalue weighted by Gasteiger charge is -2.65.